The van der Waals surface area contributed by atoms with Crippen LogP contribution in [-0.2, 0) is 9.53 Å². The summed E-state index contributed by atoms with van der Waals surface area (Å²) in [5, 5.41) is 8.71. The molecule has 0 radical (unpaired) electrons. The summed E-state index contributed by atoms with van der Waals surface area (Å²) in [5.74, 6) is -0.722. The van der Waals surface area contributed by atoms with Gasteiger partial charge in [0.2, 0.25) is 0 Å². The third kappa shape index (κ3) is 3.81. The molecule has 0 aliphatic rings. The first-order chi connectivity index (χ1) is 8.99. The van der Waals surface area contributed by atoms with Gasteiger partial charge in [-0.3, -0.25) is 9.59 Å². The SMILES string of the molecule is COC(=O)CN(C(=O)c1ccc(C#N)cc1)C(C)C. The Morgan fingerprint density at radius 2 is 1.89 bits per heavy atom. The van der Waals surface area contributed by atoms with Gasteiger partial charge in [-0.15, -0.1) is 0 Å². The third-order valence-electron chi connectivity index (χ3n) is 2.67. The lowest BCUT2D eigenvalue weighted by Gasteiger charge is -2.25. The van der Waals surface area contributed by atoms with Crippen molar-refractivity contribution in [2.45, 2.75) is 19.9 Å². The molecule has 0 fully saturated rings. The predicted molar refractivity (Wildman–Crippen MR) is 69.3 cm³/mol. The van der Waals surface area contributed by atoms with Crippen LogP contribution in [0.1, 0.15) is 29.8 Å². The Hall–Kier alpha value is -2.35. The van der Waals surface area contributed by atoms with Crippen molar-refractivity contribution < 1.29 is 14.3 Å². The van der Waals surface area contributed by atoms with Crippen molar-refractivity contribution in [3.63, 3.8) is 0 Å². The van der Waals surface area contributed by atoms with Crippen LogP contribution >= 0.6 is 0 Å². The van der Waals surface area contributed by atoms with Gasteiger partial charge in [-0.2, -0.15) is 5.26 Å². The first-order valence-electron chi connectivity index (χ1n) is 5.87. The highest BCUT2D eigenvalue weighted by molar-refractivity contribution is 5.96. The van der Waals surface area contributed by atoms with E-state index in [1.807, 2.05) is 19.9 Å². The van der Waals surface area contributed by atoms with Gasteiger partial charge in [0.25, 0.3) is 5.91 Å². The van der Waals surface area contributed by atoms with E-state index in [1.165, 1.54) is 12.0 Å². The van der Waals surface area contributed by atoms with Crippen LogP contribution in [0.3, 0.4) is 0 Å². The van der Waals surface area contributed by atoms with Crippen LogP contribution in [0.5, 0.6) is 0 Å². The van der Waals surface area contributed by atoms with Crippen molar-refractivity contribution in [1.29, 1.82) is 5.26 Å². The number of hydrogen-bond acceptors (Lipinski definition) is 4. The lowest BCUT2D eigenvalue weighted by Crippen LogP contribution is -2.41. The Labute approximate surface area is 112 Å². The summed E-state index contributed by atoms with van der Waals surface area (Å²) in [6.07, 6.45) is 0. The Bertz CT molecular complexity index is 500. The topological polar surface area (TPSA) is 70.4 Å². The first-order valence-corrected chi connectivity index (χ1v) is 5.87. The molecule has 1 aromatic rings. The predicted octanol–water partition coefficient (Wildman–Crippen LogP) is 1.58. The zero-order chi connectivity index (χ0) is 14.4. The highest BCUT2D eigenvalue weighted by Crippen LogP contribution is 2.10. The van der Waals surface area contributed by atoms with Crippen molar-refractivity contribution >= 4 is 11.9 Å². The largest absolute Gasteiger partial charge is 0.468 e. The molecule has 5 nitrogen and oxygen atoms in total. The quantitative estimate of drug-likeness (QED) is 0.771. The second-order valence-electron chi connectivity index (χ2n) is 4.29. The fourth-order valence-corrected chi connectivity index (χ4v) is 1.55. The Balaban J connectivity index is 2.92. The summed E-state index contributed by atoms with van der Waals surface area (Å²) in [5.41, 5.74) is 0.928. The molecule has 0 unspecified atom stereocenters. The Kier molecular flexibility index (Phi) is 5.07. The van der Waals surface area contributed by atoms with Crippen molar-refractivity contribution in [2.75, 3.05) is 13.7 Å². The fraction of sp³-hybridized carbons (Fsp3) is 0.357. The molecule has 1 aromatic carbocycles. The van der Waals surface area contributed by atoms with Crippen molar-refractivity contribution in [2.24, 2.45) is 0 Å². The molecule has 0 saturated carbocycles. The molecule has 0 N–H and O–H groups in total. The van der Waals surface area contributed by atoms with E-state index >= 15 is 0 Å². The average Bonchev–Trinajstić information content (AvgIpc) is 2.43. The van der Waals surface area contributed by atoms with Crippen molar-refractivity contribution in [3.05, 3.63) is 35.4 Å². The summed E-state index contributed by atoms with van der Waals surface area (Å²) in [4.78, 5) is 25.0. The van der Waals surface area contributed by atoms with E-state index in [0.717, 1.165) is 0 Å². The van der Waals surface area contributed by atoms with Crippen LogP contribution in [-0.4, -0.2) is 36.5 Å². The lowest BCUT2D eigenvalue weighted by molar-refractivity contribution is -0.141. The molecule has 0 aliphatic carbocycles. The molecular formula is C14H16N2O3. The molecule has 0 heterocycles. The molecule has 0 aliphatic heterocycles. The third-order valence-corrected chi connectivity index (χ3v) is 2.67. The number of carbonyl (C=O) groups is 2. The number of ether oxygens (including phenoxy) is 1. The molecule has 0 atom stereocenters. The van der Waals surface area contributed by atoms with E-state index in [4.69, 9.17) is 5.26 Å². The normalized spacial score (nSPS) is 9.84. The van der Waals surface area contributed by atoms with E-state index < -0.39 is 5.97 Å². The number of esters is 1. The van der Waals surface area contributed by atoms with E-state index in [-0.39, 0.29) is 18.5 Å². The number of rotatable bonds is 4. The van der Waals surface area contributed by atoms with Gasteiger partial charge in [-0.05, 0) is 38.1 Å². The van der Waals surface area contributed by atoms with Crippen LogP contribution in [0.15, 0.2) is 24.3 Å². The first kappa shape index (κ1) is 14.7. The lowest BCUT2D eigenvalue weighted by atomic mass is 10.1. The zero-order valence-corrected chi connectivity index (χ0v) is 11.2. The highest BCUT2D eigenvalue weighted by Gasteiger charge is 2.21. The highest BCUT2D eigenvalue weighted by atomic mass is 16.5. The average molecular weight is 260 g/mol. The summed E-state index contributed by atoms with van der Waals surface area (Å²) < 4.78 is 4.58. The van der Waals surface area contributed by atoms with E-state index in [9.17, 15) is 9.59 Å². The second kappa shape index (κ2) is 6.55. The molecule has 0 saturated heterocycles. The van der Waals surface area contributed by atoms with E-state index in [2.05, 4.69) is 4.74 Å². The summed E-state index contributed by atoms with van der Waals surface area (Å²) in [7, 11) is 1.28. The minimum absolute atomic E-state index is 0.0903. The van der Waals surface area contributed by atoms with Gasteiger partial charge < -0.3 is 9.64 Å². The smallest absolute Gasteiger partial charge is 0.325 e. The van der Waals surface area contributed by atoms with Gasteiger partial charge in [-0.25, -0.2) is 0 Å². The summed E-state index contributed by atoms with van der Waals surface area (Å²) in [6, 6.07) is 8.16. The van der Waals surface area contributed by atoms with Gasteiger partial charge in [-0.1, -0.05) is 0 Å². The van der Waals surface area contributed by atoms with Gasteiger partial charge >= 0.3 is 5.97 Å². The van der Waals surface area contributed by atoms with Gasteiger partial charge in [0.05, 0.1) is 18.7 Å². The minimum atomic E-state index is -0.462. The molecule has 100 valence electrons. The molecular weight excluding hydrogens is 244 g/mol. The molecule has 0 spiro atoms. The maximum Gasteiger partial charge on any atom is 0.325 e. The number of amides is 1. The van der Waals surface area contributed by atoms with Crippen molar-refractivity contribution in [3.8, 4) is 6.07 Å². The monoisotopic (exact) mass is 260 g/mol. The molecule has 1 amide bonds. The zero-order valence-electron chi connectivity index (χ0n) is 11.2. The molecule has 0 aromatic heterocycles. The van der Waals surface area contributed by atoms with Crippen LogP contribution in [0.2, 0.25) is 0 Å². The number of nitriles is 1. The van der Waals surface area contributed by atoms with Gasteiger partial charge in [0.1, 0.15) is 6.54 Å². The summed E-state index contributed by atoms with van der Waals surface area (Å²) >= 11 is 0. The van der Waals surface area contributed by atoms with Crippen LogP contribution in [0.4, 0.5) is 0 Å². The number of nitrogens with zero attached hydrogens (tertiary/aromatic N) is 2. The number of methoxy groups -OCH3 is 1. The Morgan fingerprint density at radius 1 is 1.32 bits per heavy atom. The van der Waals surface area contributed by atoms with Crippen LogP contribution in [0, 0.1) is 11.3 Å². The standard InChI is InChI=1S/C14H16N2O3/c1-10(2)16(9-13(17)19-3)14(18)12-6-4-11(8-15)5-7-12/h4-7,10H,9H2,1-3H3. The van der Waals surface area contributed by atoms with Crippen LogP contribution in [0.25, 0.3) is 0 Å². The number of benzene rings is 1. The molecule has 0 bridgehead atoms. The maximum absolute atomic E-state index is 12.3. The molecule has 1 rings (SSSR count). The van der Waals surface area contributed by atoms with Crippen LogP contribution < -0.4 is 0 Å². The minimum Gasteiger partial charge on any atom is -0.468 e. The maximum atomic E-state index is 12.3. The number of hydrogen-bond donors (Lipinski definition) is 0. The second-order valence-corrected chi connectivity index (χ2v) is 4.29. The van der Waals surface area contributed by atoms with Gasteiger partial charge in [0.15, 0.2) is 0 Å². The Morgan fingerprint density at radius 3 is 2.32 bits per heavy atom. The number of carbonyl (C=O) groups excluding carboxylic acids is 2. The van der Waals surface area contributed by atoms with Gasteiger partial charge in [0, 0.05) is 11.6 Å². The molecule has 5 heteroatoms. The van der Waals surface area contributed by atoms with E-state index in [1.54, 1.807) is 24.3 Å². The summed E-state index contributed by atoms with van der Waals surface area (Å²) in [6.45, 7) is 3.56. The fourth-order valence-electron chi connectivity index (χ4n) is 1.55. The van der Waals surface area contributed by atoms with Crippen molar-refractivity contribution in [1.82, 2.24) is 4.90 Å². The van der Waals surface area contributed by atoms with E-state index in [0.29, 0.717) is 11.1 Å². The molecule has 19 heavy (non-hydrogen) atoms.